The molecule has 0 fully saturated rings. The lowest BCUT2D eigenvalue weighted by Crippen LogP contribution is -2.27. The molecule has 0 radical (unpaired) electrons. The van der Waals surface area contributed by atoms with Gasteiger partial charge in [0.25, 0.3) is 0 Å². The van der Waals surface area contributed by atoms with E-state index in [0.29, 0.717) is 0 Å². The number of nitrogens with zero attached hydrogens (tertiary/aromatic N) is 4. The van der Waals surface area contributed by atoms with Crippen LogP contribution in [0.1, 0.15) is 43.5 Å². The van der Waals surface area contributed by atoms with Crippen molar-refractivity contribution < 1.29 is 5.11 Å². The Morgan fingerprint density at radius 1 is 1.45 bits per heavy atom. The summed E-state index contributed by atoms with van der Waals surface area (Å²) < 4.78 is 3.98. The van der Waals surface area contributed by atoms with Gasteiger partial charge in [0.05, 0.1) is 6.10 Å². The molecule has 5 heteroatoms. The highest BCUT2D eigenvalue weighted by atomic mass is 16.3. The Morgan fingerprint density at radius 2 is 2.25 bits per heavy atom. The zero-order valence-corrected chi connectivity index (χ0v) is 12.4. The maximum atomic E-state index is 10.3. The molecule has 20 heavy (non-hydrogen) atoms. The van der Waals surface area contributed by atoms with Crippen LogP contribution in [0.5, 0.6) is 0 Å². The predicted octanol–water partition coefficient (Wildman–Crippen LogP) is 1.87. The van der Waals surface area contributed by atoms with Crippen molar-refractivity contribution in [2.75, 3.05) is 0 Å². The normalized spacial score (nSPS) is 20.9. The van der Waals surface area contributed by atoms with Crippen LogP contribution >= 0.6 is 0 Å². The van der Waals surface area contributed by atoms with Gasteiger partial charge in [-0.05, 0) is 24.3 Å². The van der Waals surface area contributed by atoms with Gasteiger partial charge in [-0.2, -0.15) is 5.10 Å². The molecule has 3 rings (SSSR count). The first-order chi connectivity index (χ1) is 9.44. The first-order valence-electron chi connectivity index (χ1n) is 7.15. The largest absolute Gasteiger partial charge is 0.388 e. The van der Waals surface area contributed by atoms with E-state index in [1.54, 1.807) is 11.0 Å². The smallest absolute Gasteiger partial charge is 0.152 e. The summed E-state index contributed by atoms with van der Waals surface area (Å²) in [5.74, 6) is 0.866. The number of aliphatic hydroxyl groups is 1. The topological polar surface area (TPSA) is 55.9 Å². The first-order valence-corrected chi connectivity index (χ1v) is 7.15. The van der Waals surface area contributed by atoms with E-state index in [1.165, 1.54) is 5.69 Å². The maximum Gasteiger partial charge on any atom is 0.152 e. The van der Waals surface area contributed by atoms with Crippen LogP contribution in [0.25, 0.3) is 0 Å². The monoisotopic (exact) mass is 274 g/mol. The third-order valence-corrected chi connectivity index (χ3v) is 4.09. The molecule has 0 amide bonds. The van der Waals surface area contributed by atoms with Crippen LogP contribution in [0.4, 0.5) is 0 Å². The Kier molecular flexibility index (Phi) is 3.17. The Labute approximate surface area is 119 Å². The van der Waals surface area contributed by atoms with Gasteiger partial charge in [-0.3, -0.25) is 4.68 Å². The Balaban J connectivity index is 1.78. The second-order valence-electron chi connectivity index (χ2n) is 6.56. The summed E-state index contributed by atoms with van der Waals surface area (Å²) in [5.41, 5.74) is 2.52. The van der Waals surface area contributed by atoms with Crippen molar-refractivity contribution in [2.24, 2.45) is 12.5 Å². The minimum absolute atomic E-state index is 0.158. The summed E-state index contributed by atoms with van der Waals surface area (Å²) in [5, 5.41) is 14.6. The molecule has 2 heterocycles. The van der Waals surface area contributed by atoms with Crippen molar-refractivity contribution in [1.29, 1.82) is 0 Å². The van der Waals surface area contributed by atoms with Gasteiger partial charge in [0.15, 0.2) is 5.82 Å². The Hall–Kier alpha value is -1.62. The zero-order chi connectivity index (χ0) is 14.3. The molecule has 1 unspecified atom stereocenters. The number of aliphatic hydroxyl groups excluding tert-OH is 1. The highest BCUT2D eigenvalue weighted by molar-refractivity contribution is 5.29. The van der Waals surface area contributed by atoms with Gasteiger partial charge >= 0.3 is 0 Å². The quantitative estimate of drug-likeness (QED) is 0.929. The minimum Gasteiger partial charge on any atom is -0.388 e. The van der Waals surface area contributed by atoms with Crippen molar-refractivity contribution in [3.8, 4) is 0 Å². The molecule has 1 atom stereocenters. The van der Waals surface area contributed by atoms with Gasteiger partial charge in [0.1, 0.15) is 6.33 Å². The van der Waals surface area contributed by atoms with Crippen molar-refractivity contribution >= 4 is 0 Å². The van der Waals surface area contributed by atoms with Crippen LogP contribution in [0.3, 0.4) is 0 Å². The van der Waals surface area contributed by atoms with E-state index in [9.17, 15) is 5.11 Å². The van der Waals surface area contributed by atoms with Gasteiger partial charge in [-0.15, -0.1) is 0 Å². The molecule has 1 N–H and O–H groups in total. The Morgan fingerprint density at radius 3 is 2.95 bits per heavy atom. The zero-order valence-electron chi connectivity index (χ0n) is 12.4. The molecule has 0 aromatic carbocycles. The molecule has 2 aromatic rings. The number of aromatic nitrogens is 4. The van der Waals surface area contributed by atoms with E-state index in [0.717, 1.165) is 37.2 Å². The standard InChI is InChI=1S/C15H22N4O/c1-15(2)8-12-11(13(20)9-15)4-6-19(12)7-5-14-16-10-18(3)17-14/h4,6,10,13,20H,5,7-9H2,1-3H3. The summed E-state index contributed by atoms with van der Waals surface area (Å²) in [7, 11) is 1.88. The highest BCUT2D eigenvalue weighted by Crippen LogP contribution is 2.41. The number of hydrogen-bond donors (Lipinski definition) is 1. The van der Waals surface area contributed by atoms with Crippen LogP contribution in [0.15, 0.2) is 18.6 Å². The number of fused-ring (bicyclic) bond motifs is 1. The fraction of sp³-hybridized carbons (Fsp3) is 0.600. The van der Waals surface area contributed by atoms with E-state index in [4.69, 9.17) is 0 Å². The predicted molar refractivity (Wildman–Crippen MR) is 76.2 cm³/mol. The minimum atomic E-state index is -0.331. The summed E-state index contributed by atoms with van der Waals surface area (Å²) in [6.45, 7) is 5.30. The van der Waals surface area contributed by atoms with E-state index >= 15 is 0 Å². The molecule has 0 aliphatic heterocycles. The summed E-state index contributed by atoms with van der Waals surface area (Å²) in [6.07, 6.45) is 6.15. The summed E-state index contributed by atoms with van der Waals surface area (Å²) in [4.78, 5) is 4.26. The maximum absolute atomic E-state index is 10.3. The van der Waals surface area contributed by atoms with Crippen molar-refractivity contribution in [2.45, 2.75) is 45.8 Å². The van der Waals surface area contributed by atoms with Crippen LogP contribution < -0.4 is 0 Å². The number of aryl methyl sites for hydroxylation is 3. The van der Waals surface area contributed by atoms with Gasteiger partial charge in [0.2, 0.25) is 0 Å². The average molecular weight is 274 g/mol. The lowest BCUT2D eigenvalue weighted by atomic mass is 9.75. The molecule has 0 spiro atoms. The van der Waals surface area contributed by atoms with Crippen LogP contribution in [0, 0.1) is 5.41 Å². The van der Waals surface area contributed by atoms with Crippen molar-refractivity contribution in [3.63, 3.8) is 0 Å². The number of rotatable bonds is 3. The van der Waals surface area contributed by atoms with Crippen LogP contribution in [0.2, 0.25) is 0 Å². The summed E-state index contributed by atoms with van der Waals surface area (Å²) >= 11 is 0. The van der Waals surface area contributed by atoms with Crippen molar-refractivity contribution in [1.82, 2.24) is 19.3 Å². The fourth-order valence-corrected chi connectivity index (χ4v) is 3.12. The molecule has 0 saturated carbocycles. The Bertz CT molecular complexity index is 611. The molecule has 108 valence electrons. The molecule has 0 saturated heterocycles. The third-order valence-electron chi connectivity index (χ3n) is 4.09. The second kappa shape index (κ2) is 4.74. The van der Waals surface area contributed by atoms with Gasteiger partial charge in [-0.1, -0.05) is 13.8 Å². The van der Waals surface area contributed by atoms with Crippen molar-refractivity contribution in [3.05, 3.63) is 35.7 Å². The van der Waals surface area contributed by atoms with Crippen LogP contribution in [-0.2, 0) is 26.4 Å². The lowest BCUT2D eigenvalue weighted by Gasteiger charge is -2.33. The molecule has 0 bridgehead atoms. The molecular formula is C15H22N4O. The van der Waals surface area contributed by atoms with Gasteiger partial charge in [0, 0.05) is 37.5 Å². The average Bonchev–Trinajstić information content (AvgIpc) is 2.92. The second-order valence-corrected chi connectivity index (χ2v) is 6.56. The van der Waals surface area contributed by atoms with E-state index < -0.39 is 0 Å². The molecular weight excluding hydrogens is 252 g/mol. The highest BCUT2D eigenvalue weighted by Gasteiger charge is 2.33. The molecule has 2 aromatic heterocycles. The number of hydrogen-bond acceptors (Lipinski definition) is 3. The fourth-order valence-electron chi connectivity index (χ4n) is 3.12. The molecule has 1 aliphatic rings. The lowest BCUT2D eigenvalue weighted by molar-refractivity contribution is 0.0979. The van der Waals surface area contributed by atoms with E-state index in [1.807, 2.05) is 7.05 Å². The van der Waals surface area contributed by atoms with E-state index in [2.05, 4.69) is 40.8 Å². The SMILES string of the molecule is Cn1cnc(CCn2ccc3c2CC(C)(C)CC3O)n1. The van der Waals surface area contributed by atoms with Gasteiger partial charge in [-0.25, -0.2) is 4.98 Å². The first kappa shape index (κ1) is 13.4. The third kappa shape index (κ3) is 2.50. The summed E-state index contributed by atoms with van der Waals surface area (Å²) in [6, 6.07) is 2.06. The van der Waals surface area contributed by atoms with Crippen LogP contribution in [-0.4, -0.2) is 24.4 Å². The molecule has 5 nitrogen and oxygen atoms in total. The van der Waals surface area contributed by atoms with Gasteiger partial charge < -0.3 is 9.67 Å². The van der Waals surface area contributed by atoms with E-state index in [-0.39, 0.29) is 11.5 Å². The molecule has 1 aliphatic carbocycles.